The van der Waals surface area contributed by atoms with Crippen molar-refractivity contribution < 1.29 is 26.3 Å². The van der Waals surface area contributed by atoms with E-state index in [0.717, 1.165) is 18.2 Å². The molecule has 0 aliphatic carbocycles. The lowest BCUT2D eigenvalue weighted by Crippen LogP contribution is -2.23. The first kappa shape index (κ1) is 16.1. The van der Waals surface area contributed by atoms with Crippen molar-refractivity contribution in [2.75, 3.05) is 0 Å². The quantitative estimate of drug-likeness (QED) is 0.520. The summed E-state index contributed by atoms with van der Waals surface area (Å²) in [6, 6.07) is 10.2. The Hall–Kier alpha value is -2.31. The summed E-state index contributed by atoms with van der Waals surface area (Å²) in [7, 11) is 0. The van der Waals surface area contributed by atoms with Crippen molar-refractivity contribution >= 4 is 11.4 Å². The average molecular weight is 317 g/mol. The van der Waals surface area contributed by atoms with Gasteiger partial charge in [-0.2, -0.15) is 26.3 Å². The molecular formula is C15H9F6N. The topological polar surface area (TPSA) is 12.4 Å². The van der Waals surface area contributed by atoms with Gasteiger partial charge < -0.3 is 0 Å². The predicted molar refractivity (Wildman–Crippen MR) is 70.1 cm³/mol. The molecule has 0 fully saturated rings. The molecule has 0 aliphatic rings. The third-order valence-electron chi connectivity index (χ3n) is 2.73. The molecule has 0 atom stereocenters. The Morgan fingerprint density at radius 3 is 1.95 bits per heavy atom. The molecule has 0 aromatic heterocycles. The largest absolute Gasteiger partial charge is 0.433 e. The first-order valence-corrected chi connectivity index (χ1v) is 6.06. The Labute approximate surface area is 121 Å². The highest BCUT2D eigenvalue weighted by atomic mass is 19.4. The maximum absolute atomic E-state index is 13.1. The smallest absolute Gasteiger partial charge is 0.243 e. The average Bonchev–Trinajstić information content (AvgIpc) is 2.44. The van der Waals surface area contributed by atoms with Crippen LogP contribution >= 0.6 is 0 Å². The number of aliphatic imine (C=N–C) groups is 1. The Balaban J connectivity index is 2.52. The molecule has 1 nitrogen and oxygen atoms in total. The van der Waals surface area contributed by atoms with Gasteiger partial charge >= 0.3 is 12.4 Å². The highest BCUT2D eigenvalue weighted by Gasteiger charge is 2.37. The number of hydrogen-bond donors (Lipinski definition) is 0. The first-order chi connectivity index (χ1) is 10.2. The van der Waals surface area contributed by atoms with Gasteiger partial charge in [0.2, 0.25) is 0 Å². The van der Waals surface area contributed by atoms with Crippen LogP contribution in [0.3, 0.4) is 0 Å². The van der Waals surface area contributed by atoms with Crippen LogP contribution in [0.4, 0.5) is 32.0 Å². The molecular weight excluding hydrogens is 308 g/mol. The van der Waals surface area contributed by atoms with Crippen LogP contribution in [-0.2, 0) is 6.18 Å². The summed E-state index contributed by atoms with van der Waals surface area (Å²) < 4.78 is 77.0. The monoisotopic (exact) mass is 317 g/mol. The second-order valence-electron chi connectivity index (χ2n) is 4.37. The van der Waals surface area contributed by atoms with E-state index in [4.69, 9.17) is 0 Å². The van der Waals surface area contributed by atoms with Gasteiger partial charge in [-0.05, 0) is 18.2 Å². The van der Waals surface area contributed by atoms with Gasteiger partial charge in [0.15, 0.2) is 5.71 Å². The van der Waals surface area contributed by atoms with Crippen molar-refractivity contribution in [2.45, 2.75) is 12.4 Å². The zero-order valence-electron chi connectivity index (χ0n) is 10.9. The molecule has 0 unspecified atom stereocenters. The van der Waals surface area contributed by atoms with E-state index in [9.17, 15) is 26.3 Å². The molecule has 0 bridgehead atoms. The first-order valence-electron chi connectivity index (χ1n) is 6.06. The van der Waals surface area contributed by atoms with Crippen LogP contribution in [0.2, 0.25) is 0 Å². The van der Waals surface area contributed by atoms with E-state index in [1.165, 1.54) is 30.3 Å². The molecule has 7 heteroatoms. The molecule has 0 N–H and O–H groups in total. The molecule has 2 aromatic rings. The van der Waals surface area contributed by atoms with Crippen LogP contribution in [0.5, 0.6) is 0 Å². The van der Waals surface area contributed by atoms with Crippen LogP contribution in [0.15, 0.2) is 59.6 Å². The van der Waals surface area contributed by atoms with Crippen LogP contribution in [0, 0.1) is 0 Å². The molecule has 0 heterocycles. The van der Waals surface area contributed by atoms with Crippen LogP contribution < -0.4 is 0 Å². The van der Waals surface area contributed by atoms with Crippen molar-refractivity contribution in [3.63, 3.8) is 0 Å². The Kier molecular flexibility index (Phi) is 4.25. The van der Waals surface area contributed by atoms with Crippen molar-refractivity contribution in [1.82, 2.24) is 0 Å². The second kappa shape index (κ2) is 5.82. The maximum Gasteiger partial charge on any atom is 0.433 e. The van der Waals surface area contributed by atoms with E-state index in [1.807, 2.05) is 0 Å². The van der Waals surface area contributed by atoms with E-state index in [-0.39, 0.29) is 5.56 Å². The summed E-state index contributed by atoms with van der Waals surface area (Å²) in [6.07, 6.45) is -9.42. The Morgan fingerprint density at radius 2 is 1.41 bits per heavy atom. The van der Waals surface area contributed by atoms with E-state index in [1.54, 1.807) is 0 Å². The SMILES string of the molecule is FC(F)(F)C(=Nc1cccc(C(F)(F)F)c1)c1ccccc1. The van der Waals surface area contributed by atoms with Gasteiger partial charge in [-0.3, -0.25) is 0 Å². The fourth-order valence-corrected chi connectivity index (χ4v) is 1.77. The number of alkyl halides is 6. The van der Waals surface area contributed by atoms with E-state index < -0.39 is 29.3 Å². The number of rotatable bonds is 2. The summed E-state index contributed by atoms with van der Waals surface area (Å²) in [5.74, 6) is 0. The normalized spacial score (nSPS) is 13.3. The van der Waals surface area contributed by atoms with Crippen molar-refractivity contribution in [1.29, 1.82) is 0 Å². The lowest BCUT2D eigenvalue weighted by molar-refractivity contribution is -0.137. The molecule has 0 saturated carbocycles. The molecule has 22 heavy (non-hydrogen) atoms. The highest BCUT2D eigenvalue weighted by molar-refractivity contribution is 6.05. The summed E-state index contributed by atoms with van der Waals surface area (Å²) in [5.41, 5.74) is -2.92. The molecule has 2 rings (SSSR count). The van der Waals surface area contributed by atoms with Crippen LogP contribution in [0.1, 0.15) is 11.1 Å². The lowest BCUT2D eigenvalue weighted by atomic mass is 10.1. The molecule has 0 radical (unpaired) electrons. The third-order valence-corrected chi connectivity index (χ3v) is 2.73. The van der Waals surface area contributed by atoms with Crippen molar-refractivity contribution in [3.05, 3.63) is 65.7 Å². The zero-order chi connectivity index (χ0) is 16.4. The molecule has 2 aromatic carbocycles. The zero-order valence-corrected chi connectivity index (χ0v) is 10.9. The maximum atomic E-state index is 13.1. The van der Waals surface area contributed by atoms with Gasteiger partial charge in [-0.15, -0.1) is 0 Å². The summed E-state index contributed by atoms with van der Waals surface area (Å²) in [6.45, 7) is 0. The number of benzene rings is 2. The summed E-state index contributed by atoms with van der Waals surface area (Å²) >= 11 is 0. The van der Waals surface area contributed by atoms with E-state index >= 15 is 0 Å². The summed E-state index contributed by atoms with van der Waals surface area (Å²) in [4.78, 5) is 3.37. The number of hydrogen-bond acceptors (Lipinski definition) is 1. The minimum Gasteiger partial charge on any atom is -0.243 e. The van der Waals surface area contributed by atoms with Gasteiger partial charge in [0.1, 0.15) is 0 Å². The van der Waals surface area contributed by atoms with Crippen molar-refractivity contribution in [3.8, 4) is 0 Å². The minimum absolute atomic E-state index is 0.215. The Morgan fingerprint density at radius 1 is 0.773 bits per heavy atom. The van der Waals surface area contributed by atoms with Crippen LogP contribution in [0.25, 0.3) is 0 Å². The van der Waals surface area contributed by atoms with Gasteiger partial charge in [-0.25, -0.2) is 4.99 Å². The molecule has 116 valence electrons. The molecule has 0 aliphatic heterocycles. The summed E-state index contributed by atoms with van der Waals surface area (Å²) in [5, 5.41) is 0. The van der Waals surface area contributed by atoms with E-state index in [2.05, 4.69) is 4.99 Å². The second-order valence-corrected chi connectivity index (χ2v) is 4.37. The standard InChI is InChI=1S/C15H9F6N/c16-14(17,18)11-7-4-8-12(9-11)22-13(15(19,20)21)10-5-2-1-3-6-10/h1-9H. The molecule has 0 amide bonds. The molecule has 0 saturated heterocycles. The molecule has 0 spiro atoms. The predicted octanol–water partition coefficient (Wildman–Crippen LogP) is 5.39. The van der Waals surface area contributed by atoms with Gasteiger partial charge in [0.25, 0.3) is 0 Å². The number of halogens is 6. The van der Waals surface area contributed by atoms with Crippen LogP contribution in [-0.4, -0.2) is 11.9 Å². The van der Waals surface area contributed by atoms with Gasteiger partial charge in [0, 0.05) is 5.56 Å². The third kappa shape index (κ3) is 3.87. The fraction of sp³-hybridized carbons (Fsp3) is 0.133. The lowest BCUT2D eigenvalue weighted by Gasteiger charge is -2.12. The van der Waals surface area contributed by atoms with Gasteiger partial charge in [0.05, 0.1) is 11.3 Å². The fourth-order valence-electron chi connectivity index (χ4n) is 1.77. The van der Waals surface area contributed by atoms with E-state index in [0.29, 0.717) is 6.07 Å². The van der Waals surface area contributed by atoms with Crippen molar-refractivity contribution in [2.24, 2.45) is 4.99 Å². The number of nitrogens with zero attached hydrogens (tertiary/aromatic N) is 1. The Bertz CT molecular complexity index is 670. The highest BCUT2D eigenvalue weighted by Crippen LogP contribution is 2.32. The van der Waals surface area contributed by atoms with Gasteiger partial charge in [-0.1, -0.05) is 36.4 Å². The minimum atomic E-state index is -4.78.